The summed E-state index contributed by atoms with van der Waals surface area (Å²) in [7, 11) is 0. The maximum atomic E-state index is 11.6. The molecule has 3 heteroatoms. The Morgan fingerprint density at radius 2 is 1.82 bits per heavy atom. The Hall–Kier alpha value is -0.990. The molecule has 0 aliphatic carbocycles. The van der Waals surface area contributed by atoms with Gasteiger partial charge in [0.25, 0.3) is 0 Å². The Bertz CT molecular complexity index is 207. The number of hydrogen-bond donors (Lipinski definition) is 0. The highest BCUT2D eigenvalue weighted by atomic mass is 16.6. The van der Waals surface area contributed by atoms with E-state index in [4.69, 9.17) is 4.74 Å². The Balaban J connectivity index is 0. The Morgan fingerprint density at radius 3 is 2.18 bits per heavy atom. The molecule has 0 saturated heterocycles. The number of nitrogens with zero attached hydrogens (tertiary/aromatic N) is 1. The summed E-state index contributed by atoms with van der Waals surface area (Å²) in [5.41, 5.74) is -0.441. The molecule has 0 bridgehead atoms. The number of carbonyl (C=O) groups is 1. The van der Waals surface area contributed by atoms with Crippen molar-refractivity contribution in [2.24, 2.45) is 0 Å². The monoisotopic (exact) mass is 243 g/mol. The van der Waals surface area contributed by atoms with Crippen molar-refractivity contribution < 1.29 is 9.53 Å². The first kappa shape index (κ1) is 18.4. The molecule has 0 aromatic heterocycles. The number of ether oxygens (including phenoxy) is 1. The van der Waals surface area contributed by atoms with Crippen LogP contribution in [0.15, 0.2) is 12.8 Å². The standard InChI is InChI=1S/C12H23NO2.C2H6/c1-6-8-9-10-13(7-2)11(14)15-12(3,4)5;1-2/h7H,2,6,8-10H2,1,3-5H3;1-2H3. The molecular weight excluding hydrogens is 214 g/mol. The topological polar surface area (TPSA) is 29.5 Å². The van der Waals surface area contributed by atoms with Crippen LogP contribution in [0.3, 0.4) is 0 Å². The summed E-state index contributed by atoms with van der Waals surface area (Å²) in [5, 5.41) is 0. The van der Waals surface area contributed by atoms with E-state index in [1.54, 1.807) is 0 Å². The summed E-state index contributed by atoms with van der Waals surface area (Å²) in [6.07, 6.45) is 4.46. The van der Waals surface area contributed by atoms with Crippen molar-refractivity contribution in [2.75, 3.05) is 6.54 Å². The maximum Gasteiger partial charge on any atom is 0.414 e. The van der Waals surface area contributed by atoms with E-state index < -0.39 is 5.60 Å². The van der Waals surface area contributed by atoms with E-state index in [0.717, 1.165) is 19.3 Å². The SMILES string of the molecule is C=CN(CCCCC)C(=O)OC(C)(C)C.CC. The normalized spacial score (nSPS) is 10.0. The van der Waals surface area contributed by atoms with Crippen molar-refractivity contribution in [3.63, 3.8) is 0 Å². The van der Waals surface area contributed by atoms with Gasteiger partial charge in [0.05, 0.1) is 0 Å². The first-order valence-electron chi connectivity index (χ1n) is 6.53. The van der Waals surface area contributed by atoms with Crippen molar-refractivity contribution in [3.8, 4) is 0 Å². The average molecular weight is 243 g/mol. The van der Waals surface area contributed by atoms with E-state index in [1.165, 1.54) is 11.1 Å². The van der Waals surface area contributed by atoms with Crippen LogP contribution in [0.2, 0.25) is 0 Å². The van der Waals surface area contributed by atoms with Gasteiger partial charge in [-0.3, -0.25) is 4.90 Å². The van der Waals surface area contributed by atoms with Gasteiger partial charge in [0, 0.05) is 12.7 Å². The van der Waals surface area contributed by atoms with Crippen LogP contribution in [0.4, 0.5) is 4.79 Å². The number of rotatable bonds is 5. The largest absolute Gasteiger partial charge is 0.443 e. The molecule has 0 aliphatic heterocycles. The van der Waals surface area contributed by atoms with Crippen molar-refractivity contribution in [2.45, 2.75) is 66.4 Å². The van der Waals surface area contributed by atoms with Crippen LogP contribution >= 0.6 is 0 Å². The van der Waals surface area contributed by atoms with Gasteiger partial charge in [-0.25, -0.2) is 4.79 Å². The lowest BCUT2D eigenvalue weighted by atomic mass is 10.2. The lowest BCUT2D eigenvalue weighted by molar-refractivity contribution is 0.0333. The van der Waals surface area contributed by atoms with Gasteiger partial charge in [0.15, 0.2) is 0 Å². The fourth-order valence-corrected chi connectivity index (χ4v) is 1.11. The van der Waals surface area contributed by atoms with Gasteiger partial charge in [-0.2, -0.15) is 0 Å². The Kier molecular flexibility index (Phi) is 11.0. The van der Waals surface area contributed by atoms with Crippen molar-refractivity contribution in [3.05, 3.63) is 12.8 Å². The number of unbranched alkanes of at least 4 members (excludes halogenated alkanes) is 2. The van der Waals surface area contributed by atoms with Crippen molar-refractivity contribution >= 4 is 6.09 Å². The van der Waals surface area contributed by atoms with Crippen molar-refractivity contribution in [1.82, 2.24) is 4.90 Å². The number of hydrogen-bond acceptors (Lipinski definition) is 2. The summed E-state index contributed by atoms with van der Waals surface area (Å²) >= 11 is 0. The van der Waals surface area contributed by atoms with E-state index in [-0.39, 0.29) is 6.09 Å². The molecule has 102 valence electrons. The van der Waals surface area contributed by atoms with Gasteiger partial charge in [-0.05, 0) is 27.2 Å². The molecular formula is C14H29NO2. The van der Waals surface area contributed by atoms with Crippen LogP contribution in [0.5, 0.6) is 0 Å². The highest BCUT2D eigenvalue weighted by molar-refractivity contribution is 5.69. The highest BCUT2D eigenvalue weighted by Crippen LogP contribution is 2.10. The van der Waals surface area contributed by atoms with Crippen LogP contribution in [0, 0.1) is 0 Å². The van der Waals surface area contributed by atoms with Crippen molar-refractivity contribution in [1.29, 1.82) is 0 Å². The van der Waals surface area contributed by atoms with Gasteiger partial charge < -0.3 is 4.74 Å². The molecule has 0 fully saturated rings. The lowest BCUT2D eigenvalue weighted by Crippen LogP contribution is -2.33. The second-order valence-electron chi connectivity index (χ2n) is 4.56. The van der Waals surface area contributed by atoms with Gasteiger partial charge >= 0.3 is 6.09 Å². The molecule has 0 spiro atoms. The van der Waals surface area contributed by atoms with Crippen LogP contribution in [0.25, 0.3) is 0 Å². The maximum absolute atomic E-state index is 11.6. The molecule has 0 rings (SSSR count). The first-order valence-corrected chi connectivity index (χ1v) is 6.53. The summed E-state index contributed by atoms with van der Waals surface area (Å²) in [6, 6.07) is 0. The molecule has 17 heavy (non-hydrogen) atoms. The Labute approximate surface area is 107 Å². The predicted molar refractivity (Wildman–Crippen MR) is 74.0 cm³/mol. The molecule has 0 N–H and O–H groups in total. The minimum absolute atomic E-state index is 0.311. The van der Waals surface area contributed by atoms with E-state index in [2.05, 4.69) is 13.5 Å². The van der Waals surface area contributed by atoms with E-state index in [9.17, 15) is 4.79 Å². The third-order valence-electron chi connectivity index (χ3n) is 1.85. The summed E-state index contributed by atoms with van der Waals surface area (Å²) in [4.78, 5) is 13.1. The molecule has 0 unspecified atom stereocenters. The van der Waals surface area contributed by atoms with Gasteiger partial charge in [-0.15, -0.1) is 0 Å². The zero-order chi connectivity index (χ0) is 13.9. The first-order chi connectivity index (χ1) is 7.90. The molecule has 1 amide bonds. The zero-order valence-electron chi connectivity index (χ0n) is 12.4. The molecule has 0 aliphatic rings. The van der Waals surface area contributed by atoms with Crippen LogP contribution < -0.4 is 0 Å². The van der Waals surface area contributed by atoms with E-state index in [1.807, 2.05) is 34.6 Å². The molecule has 0 aromatic rings. The molecule has 3 nitrogen and oxygen atoms in total. The smallest absolute Gasteiger partial charge is 0.414 e. The second-order valence-corrected chi connectivity index (χ2v) is 4.56. The molecule has 0 saturated carbocycles. The number of amides is 1. The van der Waals surface area contributed by atoms with E-state index >= 15 is 0 Å². The Morgan fingerprint density at radius 1 is 1.29 bits per heavy atom. The molecule has 0 aromatic carbocycles. The molecule has 0 atom stereocenters. The van der Waals surface area contributed by atoms with Crippen LogP contribution in [-0.4, -0.2) is 23.1 Å². The third kappa shape index (κ3) is 11.3. The number of carbonyl (C=O) groups excluding carboxylic acids is 1. The molecule has 0 heterocycles. The van der Waals surface area contributed by atoms with E-state index in [0.29, 0.717) is 6.54 Å². The van der Waals surface area contributed by atoms with Gasteiger partial charge in [-0.1, -0.05) is 40.2 Å². The zero-order valence-corrected chi connectivity index (χ0v) is 12.4. The minimum Gasteiger partial charge on any atom is -0.443 e. The van der Waals surface area contributed by atoms with Gasteiger partial charge in [0.2, 0.25) is 0 Å². The summed E-state index contributed by atoms with van der Waals surface area (Å²) < 4.78 is 5.24. The average Bonchev–Trinajstić information content (AvgIpc) is 2.25. The second kappa shape index (κ2) is 10.2. The summed E-state index contributed by atoms with van der Waals surface area (Å²) in [5.74, 6) is 0. The van der Waals surface area contributed by atoms with Crippen LogP contribution in [-0.2, 0) is 4.74 Å². The fraction of sp³-hybridized carbons (Fsp3) is 0.786. The summed E-state index contributed by atoms with van der Waals surface area (Å²) in [6.45, 7) is 16.0. The fourth-order valence-electron chi connectivity index (χ4n) is 1.11. The van der Waals surface area contributed by atoms with Crippen LogP contribution in [0.1, 0.15) is 60.8 Å². The molecule has 0 radical (unpaired) electrons. The predicted octanol–water partition coefficient (Wildman–Crippen LogP) is 4.58. The quantitative estimate of drug-likeness (QED) is 0.661. The lowest BCUT2D eigenvalue weighted by Gasteiger charge is -2.24. The third-order valence-corrected chi connectivity index (χ3v) is 1.85. The van der Waals surface area contributed by atoms with Gasteiger partial charge in [0.1, 0.15) is 5.60 Å². The minimum atomic E-state index is -0.441. The highest BCUT2D eigenvalue weighted by Gasteiger charge is 2.19.